The van der Waals surface area contributed by atoms with Crippen molar-refractivity contribution in [3.63, 3.8) is 0 Å². The van der Waals surface area contributed by atoms with E-state index in [0.717, 1.165) is 84.0 Å². The van der Waals surface area contributed by atoms with E-state index in [9.17, 15) is 0 Å². The Hall–Kier alpha value is -9.00. The van der Waals surface area contributed by atoms with E-state index in [1.807, 2.05) is 48.5 Å². The van der Waals surface area contributed by atoms with Gasteiger partial charge in [-0.15, -0.1) is 0 Å². The summed E-state index contributed by atoms with van der Waals surface area (Å²) in [5.41, 5.74) is 18.7. The van der Waals surface area contributed by atoms with Gasteiger partial charge in [0.25, 0.3) is 0 Å². The highest BCUT2D eigenvalue weighted by Crippen LogP contribution is 2.53. The van der Waals surface area contributed by atoms with Gasteiger partial charge in [0.05, 0.1) is 17.1 Å². The van der Waals surface area contributed by atoms with Crippen molar-refractivity contribution in [1.82, 2.24) is 9.97 Å². The number of oxazole rings is 2. The topological polar surface area (TPSA) is 58.5 Å². The fourth-order valence-electron chi connectivity index (χ4n) is 10.2. The standard InChI is InChI=1S/C63H44N4O2/c1-63(2)52-15-5-8-18-57(52)67(58-39-32-47(40-53(58)63)62-65-55-17-7-10-21-60(55)69-62)50-35-28-44(29-36-50)42-24-22-41(23-25-42)43-26-33-48(34-27-43)66(56-19-11-13-45-12-3-4-14-51(45)56)49-37-30-46(31-38-49)61-64-54-16-6-9-20-59(54)68-61/h3-40H,1-2H3. The molecular formula is C63H44N4O2. The van der Waals surface area contributed by atoms with E-state index < -0.39 is 0 Å². The summed E-state index contributed by atoms with van der Waals surface area (Å²) in [4.78, 5) is 14.3. The van der Waals surface area contributed by atoms with Gasteiger partial charge in [0, 0.05) is 39.0 Å². The molecule has 6 nitrogen and oxygen atoms in total. The third-order valence-corrected chi connectivity index (χ3v) is 13.7. The smallest absolute Gasteiger partial charge is 0.227 e. The van der Waals surface area contributed by atoms with Crippen LogP contribution in [0.3, 0.4) is 0 Å². The van der Waals surface area contributed by atoms with Crippen molar-refractivity contribution in [3.8, 4) is 45.2 Å². The summed E-state index contributed by atoms with van der Waals surface area (Å²) in [7, 11) is 0. The molecule has 12 aromatic rings. The molecule has 0 bridgehead atoms. The normalized spacial score (nSPS) is 12.9. The largest absolute Gasteiger partial charge is 0.436 e. The number of aromatic nitrogens is 2. The average molecular weight is 889 g/mol. The molecular weight excluding hydrogens is 845 g/mol. The molecule has 328 valence electrons. The Kier molecular flexibility index (Phi) is 9.41. The summed E-state index contributed by atoms with van der Waals surface area (Å²) in [6.07, 6.45) is 0. The molecule has 3 heterocycles. The molecule has 0 fully saturated rings. The van der Waals surface area contributed by atoms with E-state index in [1.165, 1.54) is 27.6 Å². The maximum absolute atomic E-state index is 6.23. The van der Waals surface area contributed by atoms with E-state index in [1.54, 1.807) is 0 Å². The number of fused-ring (bicyclic) bond motifs is 5. The number of para-hydroxylation sites is 5. The van der Waals surface area contributed by atoms with E-state index in [4.69, 9.17) is 18.8 Å². The Bertz CT molecular complexity index is 3800. The van der Waals surface area contributed by atoms with Crippen molar-refractivity contribution < 1.29 is 8.83 Å². The molecule has 0 radical (unpaired) electrons. The maximum atomic E-state index is 6.23. The first-order chi connectivity index (χ1) is 33.9. The predicted octanol–water partition coefficient (Wildman–Crippen LogP) is 17.4. The van der Waals surface area contributed by atoms with Gasteiger partial charge in [-0.3, -0.25) is 0 Å². The molecule has 2 aromatic heterocycles. The van der Waals surface area contributed by atoms with E-state index in [2.05, 4.69) is 206 Å². The van der Waals surface area contributed by atoms with Crippen LogP contribution in [0.25, 0.3) is 78.1 Å². The number of hydrogen-bond acceptors (Lipinski definition) is 6. The van der Waals surface area contributed by atoms with Crippen molar-refractivity contribution in [2.45, 2.75) is 19.3 Å². The van der Waals surface area contributed by atoms with Crippen molar-refractivity contribution in [1.29, 1.82) is 0 Å². The number of hydrogen-bond donors (Lipinski definition) is 0. The Labute approximate surface area is 400 Å². The molecule has 0 saturated carbocycles. The highest BCUT2D eigenvalue weighted by molar-refractivity contribution is 5.99. The fourth-order valence-corrected chi connectivity index (χ4v) is 10.2. The van der Waals surface area contributed by atoms with Gasteiger partial charge in [-0.05, 0) is 142 Å². The highest BCUT2D eigenvalue weighted by Gasteiger charge is 2.37. The predicted molar refractivity (Wildman–Crippen MR) is 282 cm³/mol. The summed E-state index contributed by atoms with van der Waals surface area (Å²) >= 11 is 0. The van der Waals surface area contributed by atoms with Gasteiger partial charge in [-0.25, -0.2) is 9.97 Å². The zero-order valence-electron chi connectivity index (χ0n) is 38.0. The van der Waals surface area contributed by atoms with Crippen LogP contribution in [0.4, 0.5) is 34.1 Å². The molecule has 10 aromatic carbocycles. The van der Waals surface area contributed by atoms with Crippen LogP contribution in [0.5, 0.6) is 0 Å². The van der Waals surface area contributed by atoms with Gasteiger partial charge < -0.3 is 18.6 Å². The van der Waals surface area contributed by atoms with Crippen molar-refractivity contribution in [3.05, 3.63) is 242 Å². The molecule has 1 aliphatic heterocycles. The SMILES string of the molecule is CC1(C)c2ccccc2N(c2ccc(-c3ccc(-c4ccc(N(c5ccc(-c6nc7ccccc7o6)cc5)c5cccc6ccccc56)cc4)cc3)cc2)c2ccc(-c3nc4ccccc4o3)cc21. The lowest BCUT2D eigenvalue weighted by Gasteiger charge is -2.42. The molecule has 1 aliphatic rings. The van der Waals surface area contributed by atoms with Crippen LogP contribution in [-0.2, 0) is 5.41 Å². The number of nitrogens with zero attached hydrogens (tertiary/aromatic N) is 4. The van der Waals surface area contributed by atoms with Crippen molar-refractivity contribution in [2.75, 3.05) is 9.80 Å². The zero-order chi connectivity index (χ0) is 46.1. The summed E-state index contributed by atoms with van der Waals surface area (Å²) in [5.74, 6) is 1.24. The lowest BCUT2D eigenvalue weighted by atomic mass is 9.73. The first kappa shape index (κ1) is 40.3. The third-order valence-electron chi connectivity index (χ3n) is 13.7. The molecule has 0 amide bonds. The van der Waals surface area contributed by atoms with Crippen molar-refractivity contribution >= 4 is 67.1 Å². The van der Waals surface area contributed by atoms with Crippen LogP contribution < -0.4 is 9.80 Å². The van der Waals surface area contributed by atoms with Gasteiger partial charge in [-0.1, -0.05) is 141 Å². The molecule has 0 saturated heterocycles. The summed E-state index contributed by atoms with van der Waals surface area (Å²) < 4.78 is 12.3. The van der Waals surface area contributed by atoms with Gasteiger partial charge in [0.15, 0.2) is 11.2 Å². The van der Waals surface area contributed by atoms with Gasteiger partial charge >= 0.3 is 0 Å². The first-order valence-electron chi connectivity index (χ1n) is 23.4. The second-order valence-electron chi connectivity index (χ2n) is 18.2. The molecule has 69 heavy (non-hydrogen) atoms. The second kappa shape index (κ2) is 16.1. The molecule has 0 unspecified atom stereocenters. The average Bonchev–Trinajstić information content (AvgIpc) is 4.05. The molecule has 0 spiro atoms. The number of anilines is 6. The fraction of sp³-hybridized carbons (Fsp3) is 0.0476. The minimum atomic E-state index is -0.245. The maximum Gasteiger partial charge on any atom is 0.227 e. The molecule has 0 aliphatic carbocycles. The number of benzene rings is 10. The number of rotatable bonds is 8. The minimum absolute atomic E-state index is 0.245. The lowest BCUT2D eigenvalue weighted by molar-refractivity contribution is 0.615. The minimum Gasteiger partial charge on any atom is -0.436 e. The Morgan fingerprint density at radius 3 is 1.52 bits per heavy atom. The van der Waals surface area contributed by atoms with Crippen LogP contribution in [0.1, 0.15) is 25.0 Å². The Morgan fingerprint density at radius 1 is 0.406 bits per heavy atom. The monoisotopic (exact) mass is 888 g/mol. The van der Waals surface area contributed by atoms with E-state index in [-0.39, 0.29) is 5.41 Å². The van der Waals surface area contributed by atoms with Crippen molar-refractivity contribution in [2.24, 2.45) is 0 Å². The molecule has 0 atom stereocenters. The summed E-state index contributed by atoms with van der Waals surface area (Å²) in [5, 5.41) is 2.37. The van der Waals surface area contributed by atoms with E-state index >= 15 is 0 Å². The Balaban J connectivity index is 0.787. The molecule has 6 heteroatoms. The lowest BCUT2D eigenvalue weighted by Crippen LogP contribution is -2.30. The quantitative estimate of drug-likeness (QED) is 0.151. The Morgan fingerprint density at radius 2 is 0.884 bits per heavy atom. The van der Waals surface area contributed by atoms with Gasteiger partial charge in [0.2, 0.25) is 11.8 Å². The summed E-state index contributed by atoms with van der Waals surface area (Å²) in [6.45, 7) is 4.62. The van der Waals surface area contributed by atoms with Gasteiger partial charge in [-0.2, -0.15) is 0 Å². The van der Waals surface area contributed by atoms with Gasteiger partial charge in [0.1, 0.15) is 11.0 Å². The second-order valence-corrected chi connectivity index (χ2v) is 18.2. The zero-order valence-corrected chi connectivity index (χ0v) is 38.0. The van der Waals surface area contributed by atoms with E-state index in [0.29, 0.717) is 11.8 Å². The van der Waals surface area contributed by atoms with Crippen LogP contribution in [0, 0.1) is 0 Å². The summed E-state index contributed by atoms with van der Waals surface area (Å²) in [6, 6.07) is 81.4. The molecule has 0 N–H and O–H groups in total. The van der Waals surface area contributed by atoms with Crippen LogP contribution >= 0.6 is 0 Å². The third kappa shape index (κ3) is 6.96. The van der Waals surface area contributed by atoms with Crippen LogP contribution in [-0.4, -0.2) is 9.97 Å². The highest BCUT2D eigenvalue weighted by atomic mass is 16.4. The molecule has 13 rings (SSSR count). The van der Waals surface area contributed by atoms with Crippen LogP contribution in [0.15, 0.2) is 239 Å². The first-order valence-corrected chi connectivity index (χ1v) is 23.4. The van der Waals surface area contributed by atoms with Crippen LogP contribution in [0.2, 0.25) is 0 Å².